The Kier molecular flexibility index (Phi) is 5.10. The van der Waals surface area contributed by atoms with Gasteiger partial charge in [-0.2, -0.15) is 11.3 Å². The van der Waals surface area contributed by atoms with Crippen LogP contribution in [0.3, 0.4) is 0 Å². The molecule has 0 radical (unpaired) electrons. The second kappa shape index (κ2) is 7.64. The van der Waals surface area contributed by atoms with Gasteiger partial charge in [0.25, 0.3) is 0 Å². The first-order valence-corrected chi connectivity index (χ1v) is 8.26. The van der Waals surface area contributed by atoms with Gasteiger partial charge in [-0.15, -0.1) is 10.2 Å². The van der Waals surface area contributed by atoms with Crippen LogP contribution in [0.15, 0.2) is 45.8 Å². The first-order chi connectivity index (χ1) is 11.3. The molecule has 0 unspecified atom stereocenters. The number of aromatic nitrogens is 3. The second-order valence-electron chi connectivity index (χ2n) is 4.97. The van der Waals surface area contributed by atoms with Crippen LogP contribution in [-0.2, 0) is 17.6 Å². The highest BCUT2D eigenvalue weighted by molar-refractivity contribution is 7.08. The number of pyridine rings is 1. The maximum absolute atomic E-state index is 11.8. The Morgan fingerprint density at radius 3 is 3.00 bits per heavy atom. The zero-order valence-electron chi connectivity index (χ0n) is 12.4. The number of nitrogens with one attached hydrogen (secondary N) is 1. The maximum atomic E-state index is 11.8. The van der Waals surface area contributed by atoms with Crippen LogP contribution in [0.25, 0.3) is 11.5 Å². The van der Waals surface area contributed by atoms with E-state index in [2.05, 4.69) is 20.5 Å². The predicted molar refractivity (Wildman–Crippen MR) is 86.9 cm³/mol. The molecule has 118 valence electrons. The maximum Gasteiger partial charge on any atom is 0.248 e. The van der Waals surface area contributed by atoms with Crippen LogP contribution in [0.4, 0.5) is 0 Å². The molecule has 0 saturated heterocycles. The summed E-state index contributed by atoms with van der Waals surface area (Å²) in [6.45, 7) is 0.592. The van der Waals surface area contributed by atoms with Crippen molar-refractivity contribution in [3.8, 4) is 11.5 Å². The van der Waals surface area contributed by atoms with Gasteiger partial charge < -0.3 is 9.73 Å². The van der Waals surface area contributed by atoms with Gasteiger partial charge in [0.15, 0.2) is 0 Å². The van der Waals surface area contributed by atoms with Crippen LogP contribution in [0.1, 0.15) is 17.9 Å². The number of hydrogen-bond donors (Lipinski definition) is 1. The Hall–Kier alpha value is -2.54. The molecule has 3 aromatic heterocycles. The molecule has 0 aliphatic carbocycles. The van der Waals surface area contributed by atoms with Crippen molar-refractivity contribution in [1.29, 1.82) is 0 Å². The van der Waals surface area contributed by atoms with Gasteiger partial charge in [0.05, 0.1) is 0 Å². The molecule has 0 fully saturated rings. The molecule has 3 heterocycles. The lowest BCUT2D eigenvalue weighted by Gasteiger charge is -2.04. The number of aryl methyl sites for hydroxylation is 1. The molecule has 1 amide bonds. The number of nitrogens with zero attached hydrogens (tertiary/aromatic N) is 3. The fourth-order valence-corrected chi connectivity index (χ4v) is 2.69. The molecule has 0 spiro atoms. The molecule has 0 aliphatic rings. The van der Waals surface area contributed by atoms with Gasteiger partial charge in [0.2, 0.25) is 17.7 Å². The molecular weight excluding hydrogens is 312 g/mol. The molecule has 3 rings (SSSR count). The van der Waals surface area contributed by atoms with Crippen LogP contribution < -0.4 is 5.32 Å². The topological polar surface area (TPSA) is 80.9 Å². The molecule has 0 aliphatic heterocycles. The molecule has 0 saturated carbocycles. The van der Waals surface area contributed by atoms with Crippen molar-refractivity contribution < 1.29 is 9.21 Å². The fourth-order valence-electron chi connectivity index (χ4n) is 2.06. The highest BCUT2D eigenvalue weighted by atomic mass is 32.1. The van der Waals surface area contributed by atoms with Crippen molar-refractivity contribution in [3.05, 3.63) is 52.8 Å². The van der Waals surface area contributed by atoms with Crippen molar-refractivity contribution in [3.63, 3.8) is 0 Å². The molecule has 0 bridgehead atoms. The Morgan fingerprint density at radius 2 is 2.22 bits per heavy atom. The molecule has 6 nitrogen and oxygen atoms in total. The average molecular weight is 328 g/mol. The Bertz CT molecular complexity index is 741. The van der Waals surface area contributed by atoms with Gasteiger partial charge in [-0.25, -0.2) is 0 Å². The van der Waals surface area contributed by atoms with Crippen LogP contribution in [-0.4, -0.2) is 27.6 Å². The monoisotopic (exact) mass is 328 g/mol. The van der Waals surface area contributed by atoms with Gasteiger partial charge in [0.1, 0.15) is 0 Å². The summed E-state index contributed by atoms with van der Waals surface area (Å²) in [4.78, 5) is 15.9. The molecule has 7 heteroatoms. The molecule has 0 atom stereocenters. The summed E-state index contributed by atoms with van der Waals surface area (Å²) < 4.78 is 5.55. The van der Waals surface area contributed by atoms with Crippen molar-refractivity contribution in [2.75, 3.05) is 6.54 Å². The molecule has 1 N–H and O–H groups in total. The van der Waals surface area contributed by atoms with Crippen LogP contribution in [0, 0.1) is 0 Å². The minimum atomic E-state index is -0.0239. The van der Waals surface area contributed by atoms with Crippen LogP contribution in [0.2, 0.25) is 0 Å². The first-order valence-electron chi connectivity index (χ1n) is 7.32. The van der Waals surface area contributed by atoms with E-state index < -0.39 is 0 Å². The summed E-state index contributed by atoms with van der Waals surface area (Å²) in [6.07, 6.45) is 5.07. The van der Waals surface area contributed by atoms with E-state index in [0.717, 1.165) is 17.5 Å². The lowest BCUT2D eigenvalue weighted by molar-refractivity contribution is -0.121. The van der Waals surface area contributed by atoms with Crippen molar-refractivity contribution in [2.24, 2.45) is 0 Å². The molecular formula is C16H16N4O2S. The minimum absolute atomic E-state index is 0.0239. The number of hydrogen-bond acceptors (Lipinski definition) is 6. The van der Waals surface area contributed by atoms with Crippen LogP contribution >= 0.6 is 11.3 Å². The summed E-state index contributed by atoms with van der Waals surface area (Å²) >= 11 is 1.57. The van der Waals surface area contributed by atoms with Gasteiger partial charge >= 0.3 is 0 Å². The normalized spacial score (nSPS) is 10.6. The smallest absolute Gasteiger partial charge is 0.248 e. The quantitative estimate of drug-likeness (QED) is 0.720. The number of carbonyl (C=O) groups excluding carboxylic acids is 1. The third-order valence-corrected chi connectivity index (χ3v) is 3.94. The van der Waals surface area contributed by atoms with Crippen LogP contribution in [0.5, 0.6) is 0 Å². The second-order valence-corrected chi connectivity index (χ2v) is 5.75. The summed E-state index contributed by atoms with van der Waals surface area (Å²) in [5.41, 5.74) is 2.01. The summed E-state index contributed by atoms with van der Waals surface area (Å²) in [6, 6.07) is 5.80. The van der Waals surface area contributed by atoms with E-state index in [1.54, 1.807) is 23.7 Å². The van der Waals surface area contributed by atoms with Gasteiger partial charge in [-0.3, -0.25) is 9.78 Å². The lowest BCUT2D eigenvalue weighted by Crippen LogP contribution is -2.25. The standard InChI is InChI=1S/C16H16N4O2S/c21-14(18-8-5-12-2-1-7-17-10-12)3-4-15-19-20-16(22-15)13-6-9-23-11-13/h1-2,6-7,9-11H,3-5,8H2,(H,18,21). The van der Waals surface area contributed by atoms with E-state index in [1.165, 1.54) is 0 Å². The predicted octanol–water partition coefficient (Wildman–Crippen LogP) is 2.48. The number of thiophene rings is 1. The lowest BCUT2D eigenvalue weighted by atomic mass is 10.2. The third-order valence-electron chi connectivity index (χ3n) is 3.26. The molecule has 23 heavy (non-hydrogen) atoms. The summed E-state index contributed by atoms with van der Waals surface area (Å²) in [5.74, 6) is 0.955. The van der Waals surface area contributed by atoms with Gasteiger partial charge in [0, 0.05) is 42.7 Å². The van der Waals surface area contributed by atoms with E-state index in [-0.39, 0.29) is 5.91 Å². The fraction of sp³-hybridized carbons (Fsp3) is 0.250. The van der Waals surface area contributed by atoms with Crippen molar-refractivity contribution in [1.82, 2.24) is 20.5 Å². The van der Waals surface area contributed by atoms with Crippen molar-refractivity contribution in [2.45, 2.75) is 19.3 Å². The SMILES string of the molecule is O=C(CCc1nnc(-c2ccsc2)o1)NCCc1cccnc1. The third kappa shape index (κ3) is 4.46. The number of amides is 1. The highest BCUT2D eigenvalue weighted by Crippen LogP contribution is 2.20. The molecule has 3 aromatic rings. The van der Waals surface area contributed by atoms with E-state index in [1.807, 2.05) is 29.0 Å². The van der Waals surface area contributed by atoms with E-state index in [4.69, 9.17) is 4.42 Å². The van der Waals surface area contributed by atoms with E-state index in [9.17, 15) is 4.79 Å². The van der Waals surface area contributed by atoms with Crippen molar-refractivity contribution >= 4 is 17.2 Å². The van der Waals surface area contributed by atoms with Gasteiger partial charge in [-0.1, -0.05) is 6.07 Å². The summed E-state index contributed by atoms with van der Waals surface area (Å²) in [7, 11) is 0. The first kappa shape index (κ1) is 15.4. The Labute approximate surface area is 137 Å². The summed E-state index contributed by atoms with van der Waals surface area (Å²) in [5, 5.41) is 14.7. The Morgan fingerprint density at radius 1 is 1.26 bits per heavy atom. The average Bonchev–Trinajstić information content (AvgIpc) is 3.25. The largest absolute Gasteiger partial charge is 0.421 e. The minimum Gasteiger partial charge on any atom is -0.421 e. The van der Waals surface area contributed by atoms with E-state index in [0.29, 0.717) is 31.2 Å². The highest BCUT2D eigenvalue weighted by Gasteiger charge is 2.10. The number of carbonyl (C=O) groups is 1. The Balaban J connectivity index is 1.41. The zero-order valence-corrected chi connectivity index (χ0v) is 13.3. The van der Waals surface area contributed by atoms with E-state index >= 15 is 0 Å². The van der Waals surface area contributed by atoms with Gasteiger partial charge in [-0.05, 0) is 29.5 Å². The zero-order chi connectivity index (χ0) is 15.9. The number of rotatable bonds is 7. The molecule has 0 aromatic carbocycles.